The molecule has 1 aliphatic rings. The molecule has 5 nitrogen and oxygen atoms in total. The van der Waals surface area contributed by atoms with Crippen LogP contribution in [0.5, 0.6) is 0 Å². The van der Waals surface area contributed by atoms with E-state index in [2.05, 4.69) is 19.1 Å². The highest BCUT2D eigenvalue weighted by molar-refractivity contribution is 5.76. The fraction of sp³-hybridized carbons (Fsp3) is 0.529. The highest BCUT2D eigenvalue weighted by atomic mass is 16.5. The second-order valence-corrected chi connectivity index (χ2v) is 5.77. The van der Waals surface area contributed by atoms with Crippen LogP contribution in [0.1, 0.15) is 37.7 Å². The van der Waals surface area contributed by atoms with Gasteiger partial charge in [-0.2, -0.15) is 0 Å². The van der Waals surface area contributed by atoms with E-state index in [9.17, 15) is 9.59 Å². The molecular formula is C17H24N2O3. The summed E-state index contributed by atoms with van der Waals surface area (Å²) in [7, 11) is 0. The van der Waals surface area contributed by atoms with Gasteiger partial charge in [-0.15, -0.1) is 0 Å². The van der Waals surface area contributed by atoms with E-state index in [0.717, 1.165) is 19.3 Å². The molecule has 1 heterocycles. The van der Waals surface area contributed by atoms with E-state index in [1.165, 1.54) is 10.5 Å². The van der Waals surface area contributed by atoms with Crippen LogP contribution >= 0.6 is 0 Å². The molecule has 0 aromatic heterocycles. The Bertz CT molecular complexity index is 504. The average molecular weight is 304 g/mol. The van der Waals surface area contributed by atoms with Gasteiger partial charge in [0.05, 0.1) is 12.5 Å². The topological polar surface area (TPSA) is 72.6 Å². The zero-order valence-electron chi connectivity index (χ0n) is 13.0. The highest BCUT2D eigenvalue weighted by Gasteiger charge is 2.29. The monoisotopic (exact) mass is 304 g/mol. The Labute approximate surface area is 131 Å². The average Bonchev–Trinajstić information content (AvgIpc) is 2.56. The van der Waals surface area contributed by atoms with Gasteiger partial charge in [0.2, 0.25) is 0 Å². The number of benzene rings is 1. The summed E-state index contributed by atoms with van der Waals surface area (Å²) in [4.78, 5) is 25.0. The third-order valence-corrected chi connectivity index (χ3v) is 4.26. The van der Waals surface area contributed by atoms with E-state index in [4.69, 9.17) is 10.5 Å². The first-order chi connectivity index (χ1) is 10.6. The second kappa shape index (κ2) is 7.82. The Morgan fingerprint density at radius 2 is 2.09 bits per heavy atom. The summed E-state index contributed by atoms with van der Waals surface area (Å²) in [6.45, 7) is 3.46. The lowest BCUT2D eigenvalue weighted by Gasteiger charge is -2.30. The number of carbonyl (C=O) groups is 2. The van der Waals surface area contributed by atoms with Crippen LogP contribution in [0.25, 0.3) is 0 Å². The second-order valence-electron chi connectivity index (χ2n) is 5.77. The number of rotatable bonds is 5. The van der Waals surface area contributed by atoms with Gasteiger partial charge in [-0.3, -0.25) is 4.79 Å². The quantitative estimate of drug-likeness (QED) is 0.850. The normalized spacial score (nSPS) is 19.5. The molecule has 2 unspecified atom stereocenters. The maximum absolute atomic E-state index is 12.2. The Hall–Kier alpha value is -2.04. The lowest BCUT2D eigenvalue weighted by atomic mass is 9.96. The Morgan fingerprint density at radius 1 is 1.36 bits per heavy atom. The number of nitrogens with zero attached hydrogens (tertiary/aromatic N) is 1. The minimum atomic E-state index is -0.465. The molecule has 0 spiro atoms. The number of amides is 2. The van der Waals surface area contributed by atoms with Crippen LogP contribution in [-0.4, -0.2) is 36.6 Å². The van der Waals surface area contributed by atoms with Gasteiger partial charge < -0.3 is 15.4 Å². The van der Waals surface area contributed by atoms with Crippen molar-refractivity contribution < 1.29 is 14.3 Å². The molecule has 5 heteroatoms. The molecule has 1 aromatic carbocycles. The van der Waals surface area contributed by atoms with E-state index in [1.807, 2.05) is 18.2 Å². The van der Waals surface area contributed by atoms with Crippen molar-refractivity contribution in [2.24, 2.45) is 11.7 Å². The Balaban J connectivity index is 1.87. The van der Waals surface area contributed by atoms with Gasteiger partial charge in [0, 0.05) is 19.0 Å². The molecule has 1 aromatic rings. The first kappa shape index (κ1) is 16.3. The molecule has 0 bridgehead atoms. The van der Waals surface area contributed by atoms with Crippen LogP contribution in [0.3, 0.4) is 0 Å². The molecule has 1 fully saturated rings. The summed E-state index contributed by atoms with van der Waals surface area (Å²) in [6, 6.07) is 9.60. The molecule has 2 amide bonds. The summed E-state index contributed by atoms with van der Waals surface area (Å²) < 4.78 is 5.50. The summed E-state index contributed by atoms with van der Waals surface area (Å²) >= 11 is 0. The molecule has 120 valence electrons. The van der Waals surface area contributed by atoms with Crippen LogP contribution in [0, 0.1) is 5.92 Å². The van der Waals surface area contributed by atoms with Gasteiger partial charge in [0.25, 0.3) is 0 Å². The van der Waals surface area contributed by atoms with E-state index in [-0.39, 0.29) is 17.8 Å². The minimum Gasteiger partial charge on any atom is -0.465 e. The number of urea groups is 1. The van der Waals surface area contributed by atoms with Crippen molar-refractivity contribution in [3.05, 3.63) is 35.9 Å². The molecule has 1 saturated heterocycles. The number of hydrogen-bond donors (Lipinski definition) is 1. The maximum Gasteiger partial charge on any atom is 0.314 e. The first-order valence-electron chi connectivity index (χ1n) is 7.87. The Kier molecular flexibility index (Phi) is 5.81. The number of likely N-dealkylation sites (tertiary alicyclic amines) is 1. The number of nitrogens with two attached hydrogens (primary N) is 1. The molecule has 1 aliphatic heterocycles. The number of piperidine rings is 1. The van der Waals surface area contributed by atoms with Crippen LogP contribution < -0.4 is 5.73 Å². The van der Waals surface area contributed by atoms with Crippen LogP contribution in [0.15, 0.2) is 30.3 Å². The fourth-order valence-electron chi connectivity index (χ4n) is 2.85. The van der Waals surface area contributed by atoms with Crippen molar-refractivity contribution >= 4 is 12.0 Å². The number of esters is 1. The highest BCUT2D eigenvalue weighted by Crippen LogP contribution is 2.22. The van der Waals surface area contributed by atoms with Crippen molar-refractivity contribution in [2.45, 2.75) is 32.1 Å². The summed E-state index contributed by atoms with van der Waals surface area (Å²) in [5.41, 5.74) is 6.46. The summed E-state index contributed by atoms with van der Waals surface area (Å²) in [5.74, 6) is -0.268. The van der Waals surface area contributed by atoms with Gasteiger partial charge >= 0.3 is 12.0 Å². The van der Waals surface area contributed by atoms with Crippen molar-refractivity contribution in [2.75, 3.05) is 19.7 Å². The largest absolute Gasteiger partial charge is 0.465 e. The van der Waals surface area contributed by atoms with E-state index < -0.39 is 6.03 Å². The molecule has 2 rings (SSSR count). The predicted molar refractivity (Wildman–Crippen MR) is 84.3 cm³/mol. The lowest BCUT2D eigenvalue weighted by molar-refractivity contribution is -0.150. The number of hydrogen-bond acceptors (Lipinski definition) is 3. The third-order valence-electron chi connectivity index (χ3n) is 4.26. The molecule has 2 N–H and O–H groups in total. The van der Waals surface area contributed by atoms with E-state index in [1.54, 1.807) is 0 Å². The van der Waals surface area contributed by atoms with Crippen molar-refractivity contribution in [3.63, 3.8) is 0 Å². The number of primary amides is 1. The number of ether oxygens (including phenoxy) is 1. The third kappa shape index (κ3) is 4.23. The molecule has 2 atom stereocenters. The van der Waals surface area contributed by atoms with Gasteiger partial charge in [-0.1, -0.05) is 37.3 Å². The Morgan fingerprint density at radius 3 is 2.73 bits per heavy atom. The zero-order chi connectivity index (χ0) is 15.9. The maximum atomic E-state index is 12.2. The number of carbonyl (C=O) groups excluding carboxylic acids is 2. The van der Waals surface area contributed by atoms with E-state index >= 15 is 0 Å². The van der Waals surface area contributed by atoms with Crippen molar-refractivity contribution in [1.82, 2.24) is 4.90 Å². The van der Waals surface area contributed by atoms with Crippen molar-refractivity contribution in [3.8, 4) is 0 Å². The molecule has 0 radical (unpaired) electrons. The van der Waals surface area contributed by atoms with Gasteiger partial charge in [0.15, 0.2) is 0 Å². The van der Waals surface area contributed by atoms with E-state index in [0.29, 0.717) is 19.7 Å². The molecular weight excluding hydrogens is 280 g/mol. The summed E-state index contributed by atoms with van der Waals surface area (Å²) in [5, 5.41) is 0. The minimum absolute atomic E-state index is 0.209. The molecule has 0 aliphatic carbocycles. The lowest BCUT2D eigenvalue weighted by Crippen LogP contribution is -2.45. The van der Waals surface area contributed by atoms with Crippen LogP contribution in [0.2, 0.25) is 0 Å². The van der Waals surface area contributed by atoms with Gasteiger partial charge in [-0.25, -0.2) is 4.79 Å². The van der Waals surface area contributed by atoms with Crippen LogP contribution in [0.4, 0.5) is 4.79 Å². The standard InChI is InChI=1S/C17H24N2O3/c1-2-13(14-7-4-3-5-8-14)12-22-16(20)15-9-6-10-19(11-15)17(18)21/h3-5,7-8,13,15H,2,6,9-12H2,1H3,(H2,18,21). The first-order valence-corrected chi connectivity index (χ1v) is 7.87. The van der Waals surface area contributed by atoms with Crippen LogP contribution in [-0.2, 0) is 9.53 Å². The van der Waals surface area contributed by atoms with Gasteiger partial charge in [0.1, 0.15) is 0 Å². The fourth-order valence-corrected chi connectivity index (χ4v) is 2.85. The predicted octanol–water partition coefficient (Wildman–Crippen LogP) is 2.51. The smallest absolute Gasteiger partial charge is 0.314 e. The van der Waals surface area contributed by atoms with Crippen molar-refractivity contribution in [1.29, 1.82) is 0 Å². The zero-order valence-corrected chi connectivity index (χ0v) is 13.0. The SMILES string of the molecule is CCC(COC(=O)C1CCCN(C(N)=O)C1)c1ccccc1. The van der Waals surface area contributed by atoms with Gasteiger partial charge in [-0.05, 0) is 24.8 Å². The molecule has 0 saturated carbocycles. The summed E-state index contributed by atoms with van der Waals surface area (Å²) in [6.07, 6.45) is 2.46. The molecule has 22 heavy (non-hydrogen) atoms.